The molecule has 0 aliphatic carbocycles. The van der Waals surface area contributed by atoms with Crippen LogP contribution in [0.4, 0.5) is 20.2 Å². The van der Waals surface area contributed by atoms with Gasteiger partial charge in [-0.15, -0.1) is 0 Å². The van der Waals surface area contributed by atoms with Gasteiger partial charge in [0.15, 0.2) is 11.6 Å². The van der Waals surface area contributed by atoms with Crippen molar-refractivity contribution < 1.29 is 8.78 Å². The van der Waals surface area contributed by atoms with Crippen LogP contribution in [-0.2, 0) is 0 Å². The molecule has 0 aliphatic heterocycles. The molecule has 3 N–H and O–H groups in total. The fraction of sp³-hybridized carbons (Fsp3) is 0.143. The molecule has 0 radical (unpaired) electrons. The summed E-state index contributed by atoms with van der Waals surface area (Å²) in [6.07, 6.45) is 0. The maximum absolute atomic E-state index is 12.5. The Balaban J connectivity index is 3.21. The molecule has 0 spiro atoms. The van der Waals surface area contributed by atoms with Crippen molar-refractivity contribution >= 4 is 11.4 Å². The lowest BCUT2D eigenvalue weighted by atomic mass is 10.2. The molecule has 11 heavy (non-hydrogen) atoms. The molecule has 4 heteroatoms. The lowest BCUT2D eigenvalue weighted by Crippen LogP contribution is -1.97. The van der Waals surface area contributed by atoms with Crippen molar-refractivity contribution in [3.63, 3.8) is 0 Å². The van der Waals surface area contributed by atoms with E-state index in [4.69, 9.17) is 5.73 Å². The summed E-state index contributed by atoms with van der Waals surface area (Å²) in [5.41, 5.74) is 5.42. The topological polar surface area (TPSA) is 38.0 Å². The van der Waals surface area contributed by atoms with E-state index in [1.54, 1.807) is 7.05 Å². The van der Waals surface area contributed by atoms with Gasteiger partial charge in [0.05, 0.1) is 5.69 Å². The number of halogens is 2. The van der Waals surface area contributed by atoms with E-state index in [0.29, 0.717) is 5.69 Å². The molecular formula is C7H8F2N2. The van der Waals surface area contributed by atoms with Crippen molar-refractivity contribution in [1.82, 2.24) is 0 Å². The van der Waals surface area contributed by atoms with Crippen molar-refractivity contribution in [3.8, 4) is 0 Å². The average molecular weight is 158 g/mol. The van der Waals surface area contributed by atoms with E-state index in [-0.39, 0.29) is 5.69 Å². The van der Waals surface area contributed by atoms with Gasteiger partial charge in [0.2, 0.25) is 0 Å². The molecule has 0 aromatic heterocycles. The third kappa shape index (κ3) is 1.39. The number of rotatable bonds is 1. The van der Waals surface area contributed by atoms with Gasteiger partial charge in [-0.2, -0.15) is 0 Å². The van der Waals surface area contributed by atoms with Gasteiger partial charge in [0.25, 0.3) is 0 Å². The van der Waals surface area contributed by atoms with Gasteiger partial charge in [0, 0.05) is 18.8 Å². The molecule has 0 fully saturated rings. The summed E-state index contributed by atoms with van der Waals surface area (Å²) in [7, 11) is 1.60. The quantitative estimate of drug-likeness (QED) is 0.609. The van der Waals surface area contributed by atoms with Crippen molar-refractivity contribution in [3.05, 3.63) is 23.8 Å². The summed E-state index contributed by atoms with van der Waals surface area (Å²) in [5, 5.41) is 2.65. The second-order valence-corrected chi connectivity index (χ2v) is 2.11. The second-order valence-electron chi connectivity index (χ2n) is 2.11. The first kappa shape index (κ1) is 7.78. The van der Waals surface area contributed by atoms with Gasteiger partial charge < -0.3 is 11.1 Å². The zero-order valence-electron chi connectivity index (χ0n) is 5.99. The fourth-order valence-electron chi connectivity index (χ4n) is 0.755. The van der Waals surface area contributed by atoms with Crippen LogP contribution in [0.1, 0.15) is 0 Å². The molecule has 1 aromatic rings. The van der Waals surface area contributed by atoms with Gasteiger partial charge in [-0.25, -0.2) is 8.78 Å². The zero-order chi connectivity index (χ0) is 8.43. The molecule has 0 aliphatic rings. The van der Waals surface area contributed by atoms with Crippen LogP contribution in [0.3, 0.4) is 0 Å². The number of hydrogen-bond acceptors (Lipinski definition) is 2. The third-order valence-corrected chi connectivity index (χ3v) is 1.35. The summed E-state index contributed by atoms with van der Waals surface area (Å²) < 4.78 is 25.1. The minimum Gasteiger partial charge on any atom is -0.396 e. The zero-order valence-corrected chi connectivity index (χ0v) is 5.99. The summed E-state index contributed by atoms with van der Waals surface area (Å²) in [6.45, 7) is 0. The summed E-state index contributed by atoms with van der Waals surface area (Å²) >= 11 is 0. The van der Waals surface area contributed by atoms with Gasteiger partial charge in [-0.1, -0.05) is 0 Å². The smallest absolute Gasteiger partial charge is 0.181 e. The number of nitrogens with two attached hydrogens (primary N) is 1. The first-order valence-corrected chi connectivity index (χ1v) is 3.07. The molecule has 0 saturated carbocycles. The number of anilines is 2. The predicted octanol–water partition coefficient (Wildman–Crippen LogP) is 1.59. The molecule has 0 bridgehead atoms. The van der Waals surface area contributed by atoms with Crippen LogP contribution in [-0.4, -0.2) is 7.05 Å². The van der Waals surface area contributed by atoms with Gasteiger partial charge in [-0.05, 0) is 6.07 Å². The van der Waals surface area contributed by atoms with Crippen molar-refractivity contribution in [2.45, 2.75) is 0 Å². The first-order valence-electron chi connectivity index (χ1n) is 3.07. The summed E-state index contributed by atoms with van der Waals surface area (Å²) in [6, 6.07) is 2.38. The molecule has 2 nitrogen and oxygen atoms in total. The minimum absolute atomic E-state index is 0.186. The van der Waals surface area contributed by atoms with Crippen LogP contribution in [0.5, 0.6) is 0 Å². The lowest BCUT2D eigenvalue weighted by Gasteiger charge is -2.02. The molecular weight excluding hydrogens is 150 g/mol. The molecule has 60 valence electrons. The van der Waals surface area contributed by atoms with E-state index in [1.165, 1.54) is 6.07 Å². The Morgan fingerprint density at radius 2 is 2.00 bits per heavy atom. The molecule has 0 amide bonds. The van der Waals surface area contributed by atoms with Crippen molar-refractivity contribution in [1.29, 1.82) is 0 Å². The largest absolute Gasteiger partial charge is 0.396 e. The highest BCUT2D eigenvalue weighted by Gasteiger charge is 2.06. The van der Waals surface area contributed by atoms with E-state index < -0.39 is 11.6 Å². The van der Waals surface area contributed by atoms with Crippen LogP contribution in [0.2, 0.25) is 0 Å². The SMILES string of the molecule is CNc1cc(N)c(F)c(F)c1. The van der Waals surface area contributed by atoms with Gasteiger partial charge in [0.1, 0.15) is 0 Å². The lowest BCUT2D eigenvalue weighted by molar-refractivity contribution is 0.512. The fourth-order valence-corrected chi connectivity index (χ4v) is 0.755. The van der Waals surface area contributed by atoms with Crippen LogP contribution in [0.15, 0.2) is 12.1 Å². The van der Waals surface area contributed by atoms with Crippen LogP contribution < -0.4 is 11.1 Å². The van der Waals surface area contributed by atoms with Crippen LogP contribution in [0.25, 0.3) is 0 Å². The maximum atomic E-state index is 12.5. The van der Waals surface area contributed by atoms with E-state index in [1.807, 2.05) is 0 Å². The Morgan fingerprint density at radius 1 is 1.36 bits per heavy atom. The second kappa shape index (κ2) is 2.74. The monoisotopic (exact) mass is 158 g/mol. The normalized spacial score (nSPS) is 9.73. The Labute approximate surface area is 63.0 Å². The molecule has 1 rings (SSSR count). The Kier molecular flexibility index (Phi) is 1.94. The highest BCUT2D eigenvalue weighted by molar-refractivity contribution is 5.55. The van der Waals surface area contributed by atoms with Gasteiger partial charge >= 0.3 is 0 Å². The van der Waals surface area contributed by atoms with E-state index >= 15 is 0 Å². The molecule has 1 aromatic carbocycles. The minimum atomic E-state index is -0.996. The predicted molar refractivity (Wildman–Crippen MR) is 40.3 cm³/mol. The third-order valence-electron chi connectivity index (χ3n) is 1.35. The molecule has 0 unspecified atom stereocenters. The van der Waals surface area contributed by atoms with Crippen molar-refractivity contribution in [2.24, 2.45) is 0 Å². The standard InChI is InChI=1S/C7H8F2N2/c1-11-4-2-5(8)7(9)6(10)3-4/h2-3,11H,10H2,1H3. The Bertz CT molecular complexity index is 250. The number of nitrogens with one attached hydrogen (secondary N) is 1. The number of benzene rings is 1. The van der Waals surface area contributed by atoms with Crippen LogP contribution in [0, 0.1) is 11.6 Å². The van der Waals surface area contributed by atoms with Crippen LogP contribution >= 0.6 is 0 Å². The molecule has 0 atom stereocenters. The summed E-state index contributed by atoms with van der Waals surface area (Å²) in [5.74, 6) is -1.93. The van der Waals surface area contributed by atoms with E-state index in [0.717, 1.165) is 6.07 Å². The maximum Gasteiger partial charge on any atom is 0.181 e. The average Bonchev–Trinajstić information content (AvgIpc) is 1.99. The highest BCUT2D eigenvalue weighted by Crippen LogP contribution is 2.19. The molecule has 0 saturated heterocycles. The van der Waals surface area contributed by atoms with E-state index in [2.05, 4.69) is 5.32 Å². The Morgan fingerprint density at radius 3 is 2.45 bits per heavy atom. The van der Waals surface area contributed by atoms with Crippen molar-refractivity contribution in [2.75, 3.05) is 18.1 Å². The Hall–Kier alpha value is -1.32. The first-order chi connectivity index (χ1) is 5.15. The number of hydrogen-bond donors (Lipinski definition) is 2. The van der Waals surface area contributed by atoms with Gasteiger partial charge in [-0.3, -0.25) is 0 Å². The molecule has 0 heterocycles. The van der Waals surface area contributed by atoms with E-state index in [9.17, 15) is 8.78 Å². The summed E-state index contributed by atoms with van der Waals surface area (Å²) in [4.78, 5) is 0. The highest BCUT2D eigenvalue weighted by atomic mass is 19.2. The number of nitrogen functional groups attached to an aromatic ring is 1.